The van der Waals surface area contributed by atoms with Crippen LogP contribution >= 0.6 is 0 Å². The Morgan fingerprint density at radius 1 is 1.36 bits per heavy atom. The second kappa shape index (κ2) is 6.77. The number of benzene rings is 1. The van der Waals surface area contributed by atoms with Gasteiger partial charge in [-0.1, -0.05) is 30.3 Å². The maximum absolute atomic E-state index is 12.1. The highest BCUT2D eigenvalue weighted by Crippen LogP contribution is 2.41. The van der Waals surface area contributed by atoms with Crippen LogP contribution in [-0.2, 0) is 20.9 Å². The van der Waals surface area contributed by atoms with Crippen molar-refractivity contribution in [2.75, 3.05) is 27.3 Å². The fourth-order valence-electron chi connectivity index (χ4n) is 3.55. The third-order valence-electron chi connectivity index (χ3n) is 4.62. The van der Waals surface area contributed by atoms with Crippen molar-refractivity contribution in [3.63, 3.8) is 0 Å². The van der Waals surface area contributed by atoms with Crippen LogP contribution in [0.15, 0.2) is 30.3 Å². The minimum Gasteiger partial charge on any atom is -0.376 e. The summed E-state index contributed by atoms with van der Waals surface area (Å²) in [5, 5.41) is 3.12. The molecule has 4 atom stereocenters. The molecule has 0 radical (unpaired) electrons. The van der Waals surface area contributed by atoms with E-state index in [4.69, 9.17) is 9.47 Å². The molecule has 5 heteroatoms. The summed E-state index contributed by atoms with van der Waals surface area (Å²) in [6.45, 7) is 1.37. The van der Waals surface area contributed by atoms with Crippen molar-refractivity contribution in [3.05, 3.63) is 35.9 Å². The van der Waals surface area contributed by atoms with Crippen LogP contribution in [0.4, 0.5) is 0 Å². The molecule has 1 N–H and O–H groups in total. The highest BCUT2D eigenvalue weighted by atomic mass is 16.5. The third kappa shape index (κ3) is 3.16. The molecule has 0 bridgehead atoms. The first-order chi connectivity index (χ1) is 10.7. The third-order valence-corrected chi connectivity index (χ3v) is 4.62. The number of nitrogens with one attached hydrogen (secondary N) is 1. The molecule has 1 saturated heterocycles. The predicted octanol–water partition coefficient (Wildman–Crippen LogP) is 1.04. The lowest BCUT2D eigenvalue weighted by Crippen LogP contribution is -2.69. The summed E-state index contributed by atoms with van der Waals surface area (Å²) >= 11 is 0. The molecule has 1 amide bonds. The normalized spacial score (nSPS) is 30.0. The molecular formula is C17H24N2O3. The highest BCUT2D eigenvalue weighted by molar-refractivity contribution is 5.77. The molecule has 5 nitrogen and oxygen atoms in total. The zero-order chi connectivity index (χ0) is 15.5. The summed E-state index contributed by atoms with van der Waals surface area (Å²) in [6.07, 6.45) is 1.30. The first-order valence-electron chi connectivity index (χ1n) is 7.86. The number of carbonyl (C=O) groups excluding carboxylic acids is 1. The predicted molar refractivity (Wildman–Crippen MR) is 83.4 cm³/mol. The fourth-order valence-corrected chi connectivity index (χ4v) is 3.55. The number of nitrogens with zero attached hydrogens (tertiary/aromatic N) is 1. The monoisotopic (exact) mass is 304 g/mol. The Kier molecular flexibility index (Phi) is 4.76. The molecule has 1 heterocycles. The number of amides is 1. The van der Waals surface area contributed by atoms with Crippen LogP contribution in [0.25, 0.3) is 0 Å². The molecule has 22 heavy (non-hydrogen) atoms. The summed E-state index contributed by atoms with van der Waals surface area (Å²) in [5.41, 5.74) is 1.08. The molecular weight excluding hydrogens is 280 g/mol. The van der Waals surface area contributed by atoms with E-state index in [9.17, 15) is 4.79 Å². The lowest BCUT2D eigenvalue weighted by Gasteiger charge is -2.50. The smallest absolute Gasteiger partial charge is 0.246 e. The van der Waals surface area contributed by atoms with Gasteiger partial charge in [-0.05, 0) is 26.1 Å². The number of hydrogen-bond donors (Lipinski definition) is 1. The van der Waals surface area contributed by atoms with Gasteiger partial charge in [-0.25, -0.2) is 0 Å². The molecule has 1 aromatic carbocycles. The molecule has 1 aliphatic carbocycles. The molecule has 120 valence electrons. The van der Waals surface area contributed by atoms with Gasteiger partial charge in [0.1, 0.15) is 6.61 Å². The molecule has 0 spiro atoms. The molecule has 0 unspecified atom stereocenters. The van der Waals surface area contributed by atoms with E-state index in [1.165, 1.54) is 0 Å². The summed E-state index contributed by atoms with van der Waals surface area (Å²) in [7, 11) is 4.07. The van der Waals surface area contributed by atoms with Crippen LogP contribution in [0.1, 0.15) is 12.0 Å². The minimum atomic E-state index is -0.0434. The van der Waals surface area contributed by atoms with Crippen molar-refractivity contribution < 1.29 is 14.3 Å². The van der Waals surface area contributed by atoms with Crippen LogP contribution in [0.5, 0.6) is 0 Å². The maximum Gasteiger partial charge on any atom is 0.246 e. The van der Waals surface area contributed by atoms with E-state index in [0.717, 1.165) is 18.6 Å². The van der Waals surface area contributed by atoms with Gasteiger partial charge in [-0.15, -0.1) is 0 Å². The van der Waals surface area contributed by atoms with Crippen molar-refractivity contribution in [2.24, 2.45) is 5.92 Å². The summed E-state index contributed by atoms with van der Waals surface area (Å²) in [6, 6.07) is 10.3. The Balaban J connectivity index is 1.45. The minimum absolute atomic E-state index is 0.0434. The standard InChI is InChI=1S/C17H24N2O3/c1-19(2)16-15(13-8-9-22-17(13)16)18-14(20)11-21-10-12-6-4-3-5-7-12/h3-7,13,15-17H,8-11H2,1-2H3,(H,18,20)/t13-,15+,16-,17-/m1/s1. The van der Waals surface area contributed by atoms with Crippen LogP contribution in [0.2, 0.25) is 0 Å². The van der Waals surface area contributed by atoms with Gasteiger partial charge in [0.2, 0.25) is 5.91 Å². The van der Waals surface area contributed by atoms with Crippen molar-refractivity contribution in [2.45, 2.75) is 31.2 Å². The van der Waals surface area contributed by atoms with Gasteiger partial charge in [0.05, 0.1) is 24.8 Å². The number of carbonyl (C=O) groups is 1. The first kappa shape index (κ1) is 15.5. The fraction of sp³-hybridized carbons (Fsp3) is 0.588. The molecule has 1 aliphatic heterocycles. The van der Waals surface area contributed by atoms with Crippen LogP contribution < -0.4 is 5.32 Å². The van der Waals surface area contributed by atoms with E-state index in [-0.39, 0.29) is 30.7 Å². The Labute approximate surface area is 131 Å². The van der Waals surface area contributed by atoms with Gasteiger partial charge < -0.3 is 19.7 Å². The Hall–Kier alpha value is -1.43. The summed E-state index contributed by atoms with van der Waals surface area (Å²) < 4.78 is 11.3. The molecule has 3 rings (SSSR count). The topological polar surface area (TPSA) is 50.8 Å². The number of ether oxygens (including phenoxy) is 2. The molecule has 2 aliphatic rings. The molecule has 2 fully saturated rings. The Bertz CT molecular complexity index is 506. The number of fused-ring (bicyclic) bond motifs is 1. The average molecular weight is 304 g/mol. The lowest BCUT2D eigenvalue weighted by molar-refractivity contribution is -0.132. The summed E-state index contributed by atoms with van der Waals surface area (Å²) in [4.78, 5) is 14.2. The zero-order valence-corrected chi connectivity index (χ0v) is 13.2. The highest BCUT2D eigenvalue weighted by Gasteiger charge is 2.55. The second-order valence-corrected chi connectivity index (χ2v) is 6.31. The van der Waals surface area contributed by atoms with Gasteiger partial charge >= 0.3 is 0 Å². The van der Waals surface area contributed by atoms with Gasteiger partial charge in [-0.3, -0.25) is 4.79 Å². The number of hydrogen-bond acceptors (Lipinski definition) is 4. The molecule has 1 aromatic rings. The average Bonchev–Trinajstić information content (AvgIpc) is 2.89. The summed E-state index contributed by atoms with van der Waals surface area (Å²) in [5.74, 6) is 0.406. The van der Waals surface area contributed by atoms with Crippen LogP contribution in [0.3, 0.4) is 0 Å². The van der Waals surface area contributed by atoms with Crippen molar-refractivity contribution in [3.8, 4) is 0 Å². The largest absolute Gasteiger partial charge is 0.376 e. The quantitative estimate of drug-likeness (QED) is 0.853. The Morgan fingerprint density at radius 3 is 2.86 bits per heavy atom. The SMILES string of the molecule is CN(C)[C@@H]1[C@@H](NC(=O)COCc2ccccc2)[C@H]2CCO[C@H]21. The van der Waals surface area contributed by atoms with Crippen LogP contribution in [0, 0.1) is 5.92 Å². The maximum atomic E-state index is 12.1. The van der Waals surface area contributed by atoms with Gasteiger partial charge in [-0.2, -0.15) is 0 Å². The zero-order valence-electron chi connectivity index (χ0n) is 13.2. The molecule has 1 saturated carbocycles. The number of likely N-dealkylation sites (N-methyl/N-ethyl adjacent to an activating group) is 1. The van der Waals surface area contributed by atoms with Crippen LogP contribution in [-0.4, -0.2) is 56.3 Å². The lowest BCUT2D eigenvalue weighted by atomic mass is 9.71. The van der Waals surface area contributed by atoms with Crippen molar-refractivity contribution in [1.82, 2.24) is 10.2 Å². The van der Waals surface area contributed by atoms with Crippen molar-refractivity contribution in [1.29, 1.82) is 0 Å². The van der Waals surface area contributed by atoms with E-state index in [0.29, 0.717) is 12.5 Å². The van der Waals surface area contributed by atoms with E-state index in [2.05, 4.69) is 10.2 Å². The van der Waals surface area contributed by atoms with E-state index in [1.54, 1.807) is 0 Å². The second-order valence-electron chi connectivity index (χ2n) is 6.31. The van der Waals surface area contributed by atoms with Crippen molar-refractivity contribution >= 4 is 5.91 Å². The van der Waals surface area contributed by atoms with E-state index >= 15 is 0 Å². The first-order valence-corrected chi connectivity index (χ1v) is 7.86. The van der Waals surface area contributed by atoms with Gasteiger partial charge in [0.25, 0.3) is 0 Å². The van der Waals surface area contributed by atoms with Gasteiger partial charge in [0.15, 0.2) is 0 Å². The van der Waals surface area contributed by atoms with E-state index < -0.39 is 0 Å². The van der Waals surface area contributed by atoms with E-state index in [1.807, 2.05) is 44.4 Å². The molecule has 0 aromatic heterocycles. The van der Waals surface area contributed by atoms with Gasteiger partial charge in [0, 0.05) is 12.5 Å². The Morgan fingerprint density at radius 2 is 2.14 bits per heavy atom. The number of rotatable bonds is 6.